The molecule has 0 saturated heterocycles. The standard InChI is InChI=1S/C14H14N2O3S2/c1-16(7-10-3-5-20-8-10)13(17)9-21-11-2-4-15-12(6-11)14(18)19/h2-6,8H,7,9H2,1H3,(H,18,19). The summed E-state index contributed by atoms with van der Waals surface area (Å²) in [5.41, 5.74) is 1.09. The number of hydrogen-bond donors (Lipinski definition) is 1. The topological polar surface area (TPSA) is 70.5 Å². The average Bonchev–Trinajstić information content (AvgIpc) is 2.97. The van der Waals surface area contributed by atoms with Crippen LogP contribution in [0.2, 0.25) is 0 Å². The van der Waals surface area contributed by atoms with Crippen LogP contribution >= 0.6 is 23.1 Å². The van der Waals surface area contributed by atoms with Crippen LogP contribution in [0.5, 0.6) is 0 Å². The van der Waals surface area contributed by atoms with Crippen molar-refractivity contribution in [1.29, 1.82) is 0 Å². The number of carbonyl (C=O) groups is 2. The first-order valence-electron chi connectivity index (χ1n) is 6.13. The number of amides is 1. The van der Waals surface area contributed by atoms with Crippen LogP contribution in [-0.2, 0) is 11.3 Å². The first kappa shape index (κ1) is 15.5. The Morgan fingerprint density at radius 3 is 2.90 bits per heavy atom. The zero-order chi connectivity index (χ0) is 15.2. The van der Waals surface area contributed by atoms with Crippen molar-refractivity contribution in [3.8, 4) is 0 Å². The van der Waals surface area contributed by atoms with Gasteiger partial charge in [0.1, 0.15) is 5.69 Å². The number of thiophene rings is 1. The van der Waals surface area contributed by atoms with E-state index in [-0.39, 0.29) is 17.4 Å². The largest absolute Gasteiger partial charge is 0.477 e. The number of pyridine rings is 1. The van der Waals surface area contributed by atoms with Gasteiger partial charge in [0.2, 0.25) is 5.91 Å². The highest BCUT2D eigenvalue weighted by molar-refractivity contribution is 8.00. The quantitative estimate of drug-likeness (QED) is 0.828. The minimum absolute atomic E-state index is 0.000104. The molecule has 0 aliphatic rings. The fourth-order valence-electron chi connectivity index (χ4n) is 1.62. The number of carbonyl (C=O) groups excluding carboxylic acids is 1. The maximum Gasteiger partial charge on any atom is 0.354 e. The van der Waals surface area contributed by atoms with Crippen molar-refractivity contribution in [3.05, 3.63) is 46.4 Å². The summed E-state index contributed by atoms with van der Waals surface area (Å²) in [7, 11) is 1.76. The van der Waals surface area contributed by atoms with Crippen molar-refractivity contribution < 1.29 is 14.7 Å². The normalized spacial score (nSPS) is 10.3. The molecule has 0 atom stereocenters. The number of carboxylic acid groups (broad SMARTS) is 1. The highest BCUT2D eigenvalue weighted by Gasteiger charge is 2.11. The van der Waals surface area contributed by atoms with Gasteiger partial charge in [-0.15, -0.1) is 11.8 Å². The van der Waals surface area contributed by atoms with E-state index in [2.05, 4.69) is 4.98 Å². The predicted molar refractivity (Wildman–Crippen MR) is 82.7 cm³/mol. The van der Waals surface area contributed by atoms with Gasteiger partial charge in [0.05, 0.1) is 5.75 Å². The number of carboxylic acids is 1. The number of rotatable bonds is 6. The molecule has 21 heavy (non-hydrogen) atoms. The fraction of sp³-hybridized carbons (Fsp3) is 0.214. The van der Waals surface area contributed by atoms with Gasteiger partial charge in [-0.3, -0.25) is 4.79 Å². The highest BCUT2D eigenvalue weighted by atomic mass is 32.2. The SMILES string of the molecule is CN(Cc1ccsc1)C(=O)CSc1ccnc(C(=O)O)c1. The predicted octanol–water partition coefficient (Wildman–Crippen LogP) is 2.59. The Labute approximate surface area is 130 Å². The van der Waals surface area contributed by atoms with Gasteiger partial charge in [-0.2, -0.15) is 11.3 Å². The molecule has 0 spiro atoms. The summed E-state index contributed by atoms with van der Waals surface area (Å²) in [5.74, 6) is -0.804. The van der Waals surface area contributed by atoms with Crippen LogP contribution in [0.25, 0.3) is 0 Å². The van der Waals surface area contributed by atoms with Crippen molar-refractivity contribution in [3.63, 3.8) is 0 Å². The molecule has 2 aromatic heterocycles. The van der Waals surface area contributed by atoms with E-state index in [9.17, 15) is 9.59 Å². The number of nitrogens with zero attached hydrogens (tertiary/aromatic N) is 2. The van der Waals surface area contributed by atoms with Crippen LogP contribution in [0.3, 0.4) is 0 Å². The Morgan fingerprint density at radius 2 is 2.24 bits per heavy atom. The van der Waals surface area contributed by atoms with Gasteiger partial charge in [0, 0.05) is 24.7 Å². The van der Waals surface area contributed by atoms with Crippen molar-refractivity contribution >= 4 is 35.0 Å². The third-order valence-electron chi connectivity index (χ3n) is 2.74. The van der Waals surface area contributed by atoms with Gasteiger partial charge in [-0.25, -0.2) is 9.78 Å². The lowest BCUT2D eigenvalue weighted by atomic mass is 10.3. The molecule has 1 N–H and O–H groups in total. The maximum atomic E-state index is 12.0. The Hall–Kier alpha value is -1.86. The lowest BCUT2D eigenvalue weighted by molar-refractivity contribution is -0.127. The summed E-state index contributed by atoms with van der Waals surface area (Å²) in [6.45, 7) is 0.583. The lowest BCUT2D eigenvalue weighted by Gasteiger charge is -2.16. The van der Waals surface area contributed by atoms with Crippen molar-refractivity contribution in [2.75, 3.05) is 12.8 Å². The molecule has 2 heterocycles. The summed E-state index contributed by atoms with van der Waals surface area (Å²) >= 11 is 2.91. The summed E-state index contributed by atoms with van der Waals surface area (Å²) in [6.07, 6.45) is 1.44. The molecule has 0 aliphatic carbocycles. The number of hydrogen-bond acceptors (Lipinski definition) is 5. The average molecular weight is 322 g/mol. The third kappa shape index (κ3) is 4.57. The van der Waals surface area contributed by atoms with Crippen molar-refractivity contribution in [2.24, 2.45) is 0 Å². The molecule has 2 rings (SSSR count). The highest BCUT2D eigenvalue weighted by Crippen LogP contribution is 2.19. The van der Waals surface area contributed by atoms with E-state index in [1.165, 1.54) is 24.0 Å². The molecule has 1 amide bonds. The van der Waals surface area contributed by atoms with Gasteiger partial charge in [0.25, 0.3) is 0 Å². The maximum absolute atomic E-state index is 12.0. The number of aromatic nitrogens is 1. The second-order valence-electron chi connectivity index (χ2n) is 4.35. The molecule has 110 valence electrons. The fourth-order valence-corrected chi connectivity index (χ4v) is 3.14. The second-order valence-corrected chi connectivity index (χ2v) is 6.18. The summed E-state index contributed by atoms with van der Waals surface area (Å²) in [4.78, 5) is 29.0. The minimum Gasteiger partial charge on any atom is -0.477 e. The van der Waals surface area contributed by atoms with E-state index in [0.29, 0.717) is 6.54 Å². The van der Waals surface area contributed by atoms with Crippen LogP contribution in [0.15, 0.2) is 40.1 Å². The molecule has 7 heteroatoms. The lowest BCUT2D eigenvalue weighted by Crippen LogP contribution is -2.27. The van der Waals surface area contributed by atoms with Gasteiger partial charge in [-0.1, -0.05) is 0 Å². The molecule has 2 aromatic rings. The molecular formula is C14H14N2O3S2. The Morgan fingerprint density at radius 1 is 1.43 bits per heavy atom. The molecule has 0 unspecified atom stereocenters. The van der Waals surface area contributed by atoms with E-state index in [1.807, 2.05) is 16.8 Å². The summed E-state index contributed by atoms with van der Waals surface area (Å²) in [6, 6.07) is 5.16. The van der Waals surface area contributed by atoms with Gasteiger partial charge in [-0.05, 0) is 34.5 Å². The van der Waals surface area contributed by atoms with E-state index in [1.54, 1.807) is 29.4 Å². The monoisotopic (exact) mass is 322 g/mol. The minimum atomic E-state index is -1.07. The molecule has 0 bridgehead atoms. The first-order valence-corrected chi connectivity index (χ1v) is 8.06. The molecule has 0 aliphatic heterocycles. The van der Waals surface area contributed by atoms with Crippen LogP contribution < -0.4 is 0 Å². The molecule has 5 nitrogen and oxygen atoms in total. The first-order chi connectivity index (χ1) is 10.1. The van der Waals surface area contributed by atoms with Crippen LogP contribution in [-0.4, -0.2) is 39.7 Å². The van der Waals surface area contributed by atoms with E-state index in [0.717, 1.165) is 10.5 Å². The Balaban J connectivity index is 1.88. The zero-order valence-corrected chi connectivity index (χ0v) is 13.0. The van der Waals surface area contributed by atoms with Gasteiger partial charge in [0.15, 0.2) is 0 Å². The summed E-state index contributed by atoms with van der Waals surface area (Å²) in [5, 5.41) is 12.9. The smallest absolute Gasteiger partial charge is 0.354 e. The molecular weight excluding hydrogens is 308 g/mol. The van der Waals surface area contributed by atoms with Crippen molar-refractivity contribution in [1.82, 2.24) is 9.88 Å². The van der Waals surface area contributed by atoms with E-state index in [4.69, 9.17) is 5.11 Å². The van der Waals surface area contributed by atoms with Gasteiger partial charge >= 0.3 is 5.97 Å². The molecule has 0 aromatic carbocycles. The Kier molecular flexibility index (Phi) is 5.35. The van der Waals surface area contributed by atoms with Gasteiger partial charge < -0.3 is 10.0 Å². The molecule has 0 fully saturated rings. The number of thioether (sulfide) groups is 1. The van der Waals surface area contributed by atoms with Crippen LogP contribution in [0.1, 0.15) is 16.1 Å². The van der Waals surface area contributed by atoms with Crippen LogP contribution in [0, 0.1) is 0 Å². The third-order valence-corrected chi connectivity index (χ3v) is 4.45. The molecule has 0 radical (unpaired) electrons. The molecule has 0 saturated carbocycles. The second kappa shape index (κ2) is 7.24. The zero-order valence-electron chi connectivity index (χ0n) is 11.4. The van der Waals surface area contributed by atoms with E-state index < -0.39 is 5.97 Å². The Bertz CT molecular complexity index is 629. The van der Waals surface area contributed by atoms with E-state index >= 15 is 0 Å². The summed E-state index contributed by atoms with van der Waals surface area (Å²) < 4.78 is 0. The number of aromatic carboxylic acids is 1. The van der Waals surface area contributed by atoms with Crippen molar-refractivity contribution in [2.45, 2.75) is 11.4 Å². The van der Waals surface area contributed by atoms with Crippen LogP contribution in [0.4, 0.5) is 0 Å².